The van der Waals surface area contributed by atoms with Gasteiger partial charge in [-0.25, -0.2) is 19.7 Å². The molecular formula is C25H28N6O3. The maximum absolute atomic E-state index is 12.3. The highest BCUT2D eigenvalue weighted by atomic mass is 16.5. The molecule has 0 unspecified atom stereocenters. The lowest BCUT2D eigenvalue weighted by atomic mass is 9.98. The third kappa shape index (κ3) is 4.63. The number of nitrogens with one attached hydrogen (secondary N) is 1. The number of nitrogens with zero attached hydrogens (tertiary/aromatic N) is 5. The zero-order chi connectivity index (χ0) is 24.5. The van der Waals surface area contributed by atoms with E-state index in [-0.39, 0.29) is 0 Å². The lowest BCUT2D eigenvalue weighted by Gasteiger charge is -2.34. The summed E-state index contributed by atoms with van der Waals surface area (Å²) in [5.74, 6) is 1.13. The summed E-state index contributed by atoms with van der Waals surface area (Å²) in [7, 11) is 3.52. The summed E-state index contributed by atoms with van der Waals surface area (Å²) in [6.45, 7) is 6.13. The average molecular weight is 461 g/mol. The number of carboxylic acid groups (broad SMARTS) is 1. The highest BCUT2D eigenvalue weighted by Crippen LogP contribution is 2.37. The molecular weight excluding hydrogens is 432 g/mol. The van der Waals surface area contributed by atoms with Gasteiger partial charge >= 0.3 is 6.09 Å². The van der Waals surface area contributed by atoms with E-state index < -0.39 is 11.6 Å². The van der Waals surface area contributed by atoms with Crippen LogP contribution in [0.5, 0.6) is 5.75 Å². The molecule has 2 heterocycles. The summed E-state index contributed by atoms with van der Waals surface area (Å²) in [6, 6.07) is 11.3. The van der Waals surface area contributed by atoms with Crippen molar-refractivity contribution < 1.29 is 14.6 Å². The van der Waals surface area contributed by atoms with Crippen molar-refractivity contribution in [2.75, 3.05) is 17.3 Å². The van der Waals surface area contributed by atoms with Gasteiger partial charge in [-0.3, -0.25) is 4.90 Å². The Morgan fingerprint density at radius 2 is 2.00 bits per heavy atom. The molecule has 0 fully saturated rings. The smallest absolute Gasteiger partial charge is 0.412 e. The molecule has 0 aliphatic carbocycles. The zero-order valence-electron chi connectivity index (χ0n) is 19.9. The van der Waals surface area contributed by atoms with Crippen LogP contribution in [0.25, 0.3) is 22.0 Å². The first-order valence-electron chi connectivity index (χ1n) is 10.8. The lowest BCUT2D eigenvalue weighted by molar-refractivity contribution is 0.196. The van der Waals surface area contributed by atoms with Gasteiger partial charge in [-0.2, -0.15) is 0 Å². The maximum atomic E-state index is 12.3. The van der Waals surface area contributed by atoms with E-state index in [0.717, 1.165) is 22.0 Å². The molecule has 0 bridgehead atoms. The molecule has 0 atom stereocenters. The summed E-state index contributed by atoms with van der Waals surface area (Å²) >= 11 is 0. The molecule has 0 saturated heterocycles. The van der Waals surface area contributed by atoms with Crippen molar-refractivity contribution >= 4 is 28.5 Å². The van der Waals surface area contributed by atoms with Gasteiger partial charge in [0.25, 0.3) is 0 Å². The van der Waals surface area contributed by atoms with E-state index >= 15 is 0 Å². The number of aryl methyl sites for hydroxylation is 1. The largest absolute Gasteiger partial charge is 0.497 e. The fraction of sp³-hybridized carbons (Fsp3) is 0.280. The molecule has 0 aliphatic heterocycles. The van der Waals surface area contributed by atoms with E-state index in [1.54, 1.807) is 25.8 Å². The Morgan fingerprint density at radius 1 is 1.21 bits per heavy atom. The molecule has 9 nitrogen and oxygen atoms in total. The minimum Gasteiger partial charge on any atom is -0.497 e. The van der Waals surface area contributed by atoms with Crippen molar-refractivity contribution in [3.63, 3.8) is 0 Å². The number of aromatic nitrogens is 4. The van der Waals surface area contributed by atoms with Gasteiger partial charge in [-0.15, -0.1) is 0 Å². The maximum Gasteiger partial charge on any atom is 0.412 e. The van der Waals surface area contributed by atoms with E-state index in [2.05, 4.69) is 20.3 Å². The van der Waals surface area contributed by atoms with E-state index in [4.69, 9.17) is 4.74 Å². The summed E-state index contributed by atoms with van der Waals surface area (Å²) in [6.07, 6.45) is 4.18. The van der Waals surface area contributed by atoms with Crippen LogP contribution in [0.15, 0.2) is 55.1 Å². The third-order valence-corrected chi connectivity index (χ3v) is 5.54. The number of amides is 1. The van der Waals surface area contributed by atoms with Crippen molar-refractivity contribution in [1.29, 1.82) is 0 Å². The van der Waals surface area contributed by atoms with Gasteiger partial charge in [0.15, 0.2) is 0 Å². The number of rotatable bonds is 6. The molecule has 4 rings (SSSR count). The second-order valence-electron chi connectivity index (χ2n) is 8.99. The predicted octanol–water partition coefficient (Wildman–Crippen LogP) is 4.93. The van der Waals surface area contributed by atoms with E-state index in [0.29, 0.717) is 29.6 Å². The minimum absolute atomic E-state index is 0.473. The molecule has 0 spiro atoms. The van der Waals surface area contributed by atoms with E-state index in [1.807, 2.05) is 68.8 Å². The number of hydrogen-bond donors (Lipinski definition) is 2. The molecule has 2 aromatic carbocycles. The van der Waals surface area contributed by atoms with Crippen molar-refractivity contribution in [3.05, 3.63) is 60.8 Å². The predicted molar refractivity (Wildman–Crippen MR) is 132 cm³/mol. The highest BCUT2D eigenvalue weighted by Gasteiger charge is 2.30. The van der Waals surface area contributed by atoms with Gasteiger partial charge in [-0.05, 0) is 56.5 Å². The Hall–Kier alpha value is -4.14. The Labute approximate surface area is 198 Å². The Kier molecular flexibility index (Phi) is 6.10. The van der Waals surface area contributed by atoms with Crippen LogP contribution in [0, 0.1) is 0 Å². The van der Waals surface area contributed by atoms with Gasteiger partial charge in [0, 0.05) is 35.9 Å². The van der Waals surface area contributed by atoms with Crippen LogP contribution in [0.3, 0.4) is 0 Å². The van der Waals surface area contributed by atoms with Crippen LogP contribution in [0.2, 0.25) is 0 Å². The number of ether oxygens (including phenoxy) is 1. The number of benzene rings is 2. The van der Waals surface area contributed by atoms with Gasteiger partial charge in [0.2, 0.25) is 5.95 Å². The number of fused-ring (bicyclic) bond motifs is 1. The Morgan fingerprint density at radius 3 is 2.65 bits per heavy atom. The summed E-state index contributed by atoms with van der Waals surface area (Å²) in [5, 5.41) is 15.0. The SMILES string of the molecule is COc1ccc2cc(-c3ccnc(NCc4cncn4C)n3)cc(N(C(=O)O)C(C)(C)C)c2c1. The molecule has 0 aliphatic rings. The van der Waals surface area contributed by atoms with E-state index in [9.17, 15) is 9.90 Å². The highest BCUT2D eigenvalue weighted by molar-refractivity contribution is 6.04. The molecule has 9 heteroatoms. The summed E-state index contributed by atoms with van der Waals surface area (Å²) < 4.78 is 7.32. The third-order valence-electron chi connectivity index (χ3n) is 5.54. The molecule has 0 saturated carbocycles. The van der Waals surface area contributed by atoms with Crippen LogP contribution < -0.4 is 15.0 Å². The van der Waals surface area contributed by atoms with E-state index in [1.165, 1.54) is 4.90 Å². The normalized spacial score (nSPS) is 11.4. The molecule has 1 amide bonds. The Bertz CT molecular complexity index is 1340. The second kappa shape index (κ2) is 9.01. The first-order chi connectivity index (χ1) is 16.2. The molecule has 0 radical (unpaired) electrons. The zero-order valence-corrected chi connectivity index (χ0v) is 19.9. The number of imidazole rings is 1. The van der Waals surface area contributed by atoms with Crippen molar-refractivity contribution in [2.45, 2.75) is 32.9 Å². The molecule has 4 aromatic rings. The fourth-order valence-electron chi connectivity index (χ4n) is 3.86. The average Bonchev–Trinajstić information content (AvgIpc) is 3.21. The van der Waals surface area contributed by atoms with Crippen molar-refractivity contribution in [3.8, 4) is 17.0 Å². The first kappa shape index (κ1) is 23.0. The van der Waals surface area contributed by atoms with Gasteiger partial charge in [0.1, 0.15) is 5.75 Å². The quantitative estimate of drug-likeness (QED) is 0.420. The van der Waals surface area contributed by atoms with Crippen molar-refractivity contribution in [1.82, 2.24) is 19.5 Å². The standard InChI is InChI=1S/C25H28N6O3/c1-25(2,3)31(24(32)33)22-11-17(10-16-6-7-19(34-5)12-20(16)22)21-8-9-27-23(29-21)28-14-18-13-26-15-30(18)4/h6-13,15H,14H2,1-5H3,(H,32,33)(H,27,28,29). The van der Waals surface area contributed by atoms with Gasteiger partial charge < -0.3 is 19.7 Å². The number of anilines is 2. The minimum atomic E-state index is -1.03. The lowest BCUT2D eigenvalue weighted by Crippen LogP contribution is -2.45. The fourth-order valence-corrected chi connectivity index (χ4v) is 3.86. The van der Waals surface area contributed by atoms with Crippen LogP contribution in [-0.4, -0.2) is 43.4 Å². The van der Waals surface area contributed by atoms with Crippen LogP contribution >= 0.6 is 0 Å². The number of hydrogen-bond acceptors (Lipinski definition) is 6. The van der Waals surface area contributed by atoms with Crippen LogP contribution in [-0.2, 0) is 13.6 Å². The Balaban J connectivity index is 1.80. The number of carbonyl (C=O) groups is 1. The van der Waals surface area contributed by atoms with Gasteiger partial charge in [-0.1, -0.05) is 6.07 Å². The van der Waals surface area contributed by atoms with Crippen LogP contribution in [0.1, 0.15) is 26.5 Å². The monoisotopic (exact) mass is 460 g/mol. The van der Waals surface area contributed by atoms with Crippen molar-refractivity contribution in [2.24, 2.45) is 7.05 Å². The second-order valence-corrected chi connectivity index (χ2v) is 8.99. The summed E-state index contributed by atoms with van der Waals surface area (Å²) in [5.41, 5.74) is 2.37. The molecule has 34 heavy (non-hydrogen) atoms. The molecule has 2 aromatic heterocycles. The number of methoxy groups -OCH3 is 1. The molecule has 2 N–H and O–H groups in total. The summed E-state index contributed by atoms with van der Waals surface area (Å²) in [4.78, 5) is 26.8. The molecule has 176 valence electrons. The topological polar surface area (TPSA) is 105 Å². The van der Waals surface area contributed by atoms with Gasteiger partial charge in [0.05, 0.1) is 37.1 Å². The van der Waals surface area contributed by atoms with Crippen LogP contribution in [0.4, 0.5) is 16.4 Å². The first-order valence-corrected chi connectivity index (χ1v) is 10.8.